The van der Waals surface area contributed by atoms with E-state index < -0.39 is 174 Å². The zero-order valence-electron chi connectivity index (χ0n) is 62.6. The average Bonchev–Trinajstić information content (AvgIpc) is 0.823. The van der Waals surface area contributed by atoms with E-state index in [2.05, 4.69) is 26.6 Å². The molecule has 0 aromatic heterocycles. The van der Waals surface area contributed by atoms with Crippen LogP contribution in [0.5, 0.6) is 5.75 Å². The van der Waals surface area contributed by atoms with Crippen LogP contribution in [0.25, 0.3) is 0 Å². The molecule has 0 spiro atoms. The number of carbonyl (C=O) groups is 12. The second-order valence-corrected chi connectivity index (χ2v) is 29.6. The van der Waals surface area contributed by atoms with Crippen molar-refractivity contribution >= 4 is 70.9 Å². The molecule has 2 heterocycles. The van der Waals surface area contributed by atoms with Gasteiger partial charge in [0.05, 0.1) is 25.2 Å². The molecule has 12 amide bonds. The van der Waals surface area contributed by atoms with Crippen LogP contribution in [-0.4, -0.2) is 245 Å². The number of likely N-dealkylation sites (tertiary alicyclic amines) is 1. The number of aromatic hydroxyl groups is 1. The summed E-state index contributed by atoms with van der Waals surface area (Å²) in [6.07, 6.45) is 1.43. The van der Waals surface area contributed by atoms with E-state index in [0.717, 1.165) is 28.4 Å². The number of benzene rings is 2. The summed E-state index contributed by atoms with van der Waals surface area (Å²) < 4.78 is 21.2. The van der Waals surface area contributed by atoms with Gasteiger partial charge in [-0.25, -0.2) is 4.39 Å². The smallest absolute Gasteiger partial charge is 0.247 e. The van der Waals surface area contributed by atoms with E-state index in [1.54, 1.807) is 69.9 Å². The maximum absolute atomic E-state index is 15.2. The SMILES string of the molecule is CC[C@H](C)[C@@H]1NC(=O)[C@H](CC(C)C)N(C)C(=O)[C@@H](C)NC(=O)C[C@@H](C(=O)N2CCCCC2)NC(=O)C[C@H](C)N(C)C(=O)[C@H](Cc2ccccc2)N(C)C(=O)[C@H](COC(C)(C)C)NC(=O)[C@H](CC(C)C)N(C)C(=O)CN(C)C(=O)[C@H](Cc2ccc(O)c(F)c2)NC(=O)[C@H](CC(C)C)N(C)C1=O. The highest BCUT2D eigenvalue weighted by atomic mass is 19.1. The topological polar surface area (TPSA) is 317 Å². The molecule has 27 heteroatoms. The largest absolute Gasteiger partial charge is 0.505 e. The van der Waals surface area contributed by atoms with E-state index in [0.29, 0.717) is 37.9 Å². The van der Waals surface area contributed by atoms with Crippen LogP contribution in [-0.2, 0) is 75.1 Å². The van der Waals surface area contributed by atoms with Crippen LogP contribution in [0.15, 0.2) is 48.5 Å². The third-order valence-corrected chi connectivity index (χ3v) is 18.7. The number of nitrogens with zero attached hydrogens (tertiary/aromatic N) is 7. The number of rotatable bonds is 15. The average molecular weight is 1400 g/mol. The minimum absolute atomic E-state index is 0.0282. The van der Waals surface area contributed by atoms with Gasteiger partial charge in [-0.05, 0) is 120 Å². The standard InChI is InChI=1S/C73H115FN12O14/c1-20-46(8)63-72(99)84(18)56(34-44(4)5)65(92)77-52(38-50-29-30-59(87)51(74)37-50)68(95)80(14)41-62(90)82(16)55(33-43(2)3)64(91)78-54(42-100-73(11,12)13)69(96)85(19)58(39-49-27-23-21-24-28-49)71(98)81(15)47(9)36-60(88)76-53(70(97)86-31-25-22-26-32-86)40-61(89)75-48(10)67(94)83(17)57(35-45(6)7)66(93)79-63/h21,23-24,27-30,37,43-48,52-58,63,87H,20,22,25-26,31-36,38-42H2,1-19H3,(H,75,89)(H,76,88)(H,77,92)(H,78,91)(H,79,93)/t46-,47-,48+,52-,53-,54-,55-,56-,57-,58-,63-/m0/s1. The van der Waals surface area contributed by atoms with E-state index in [1.807, 2.05) is 48.5 Å². The Morgan fingerprint density at radius 1 is 0.570 bits per heavy atom. The lowest BCUT2D eigenvalue weighted by atomic mass is 9.94. The predicted octanol–water partition coefficient (Wildman–Crippen LogP) is 4.18. The first-order valence-corrected chi connectivity index (χ1v) is 35.2. The molecule has 0 aliphatic carbocycles. The highest BCUT2D eigenvalue weighted by molar-refractivity contribution is 5.99. The molecule has 558 valence electrons. The summed E-state index contributed by atoms with van der Waals surface area (Å²) in [4.78, 5) is 186. The maximum Gasteiger partial charge on any atom is 0.247 e. The van der Waals surface area contributed by atoms with Gasteiger partial charge >= 0.3 is 0 Å². The molecule has 0 radical (unpaired) electrons. The van der Waals surface area contributed by atoms with Crippen LogP contribution in [0.2, 0.25) is 0 Å². The summed E-state index contributed by atoms with van der Waals surface area (Å²) in [5.41, 5.74) is -0.0345. The van der Waals surface area contributed by atoms with Crippen LogP contribution in [0.3, 0.4) is 0 Å². The first-order chi connectivity index (χ1) is 46.7. The second-order valence-electron chi connectivity index (χ2n) is 29.6. The number of carbonyl (C=O) groups excluding carboxylic acids is 12. The molecule has 0 saturated carbocycles. The number of hydrogen-bond acceptors (Lipinski definition) is 14. The molecule has 26 nitrogen and oxygen atoms in total. The number of halogens is 1. The fraction of sp³-hybridized carbons (Fsp3) is 0.671. The van der Waals surface area contributed by atoms with Crippen molar-refractivity contribution in [1.82, 2.24) is 60.9 Å². The molecular weight excluding hydrogens is 1290 g/mol. The number of ether oxygens (including phenoxy) is 1. The fourth-order valence-electron chi connectivity index (χ4n) is 12.2. The van der Waals surface area contributed by atoms with Gasteiger partial charge in [0.2, 0.25) is 70.9 Å². The second kappa shape index (κ2) is 38.5. The lowest BCUT2D eigenvalue weighted by molar-refractivity contribution is -0.150. The number of phenols is 1. The van der Waals surface area contributed by atoms with Crippen molar-refractivity contribution in [3.05, 3.63) is 65.5 Å². The lowest BCUT2D eigenvalue weighted by Gasteiger charge is -2.37. The molecule has 2 saturated heterocycles. The lowest BCUT2D eigenvalue weighted by Crippen LogP contribution is -2.61. The van der Waals surface area contributed by atoms with Crippen molar-refractivity contribution in [2.24, 2.45) is 23.7 Å². The molecule has 4 rings (SSSR count). The summed E-state index contributed by atoms with van der Waals surface area (Å²) in [5, 5.41) is 24.1. The number of amides is 12. The van der Waals surface area contributed by atoms with Gasteiger partial charge in [-0.15, -0.1) is 0 Å². The normalized spacial score (nSPS) is 25.2. The van der Waals surface area contributed by atoms with Gasteiger partial charge in [-0.1, -0.05) is 98.2 Å². The number of piperidine rings is 1. The summed E-state index contributed by atoms with van der Waals surface area (Å²) >= 11 is 0. The van der Waals surface area contributed by atoms with Crippen LogP contribution in [0.1, 0.15) is 159 Å². The van der Waals surface area contributed by atoms with E-state index in [-0.39, 0.29) is 61.8 Å². The molecule has 100 heavy (non-hydrogen) atoms. The molecule has 2 aromatic carbocycles. The van der Waals surface area contributed by atoms with E-state index in [1.165, 1.54) is 74.9 Å². The number of likely N-dealkylation sites (N-methyl/N-ethyl adjacent to an activating group) is 6. The van der Waals surface area contributed by atoms with Crippen molar-refractivity contribution in [3.8, 4) is 5.75 Å². The molecule has 2 aliphatic rings. The molecule has 11 atom stereocenters. The van der Waals surface area contributed by atoms with E-state index in [4.69, 9.17) is 4.74 Å². The first-order valence-electron chi connectivity index (χ1n) is 35.2. The van der Waals surface area contributed by atoms with Gasteiger partial charge in [0.25, 0.3) is 0 Å². The number of phenolic OH excluding ortho intramolecular Hbond substituents is 1. The number of nitrogens with one attached hydrogen (secondary N) is 5. The molecule has 2 fully saturated rings. The van der Waals surface area contributed by atoms with Gasteiger partial charge in [-0.2, -0.15) is 0 Å². The summed E-state index contributed by atoms with van der Waals surface area (Å²) in [5.74, 6) is -11.5. The zero-order chi connectivity index (χ0) is 75.4. The Morgan fingerprint density at radius 2 is 1.08 bits per heavy atom. The van der Waals surface area contributed by atoms with E-state index >= 15 is 23.6 Å². The number of hydrogen-bond donors (Lipinski definition) is 6. The van der Waals surface area contributed by atoms with Gasteiger partial charge in [0.1, 0.15) is 54.4 Å². The highest BCUT2D eigenvalue weighted by Gasteiger charge is 2.42. The Kier molecular flexibility index (Phi) is 32.4. The van der Waals surface area contributed by atoms with Crippen molar-refractivity contribution in [2.75, 3.05) is 68.5 Å². The fourth-order valence-corrected chi connectivity index (χ4v) is 12.2. The monoisotopic (exact) mass is 1400 g/mol. The molecule has 2 aliphatic heterocycles. The maximum atomic E-state index is 15.2. The zero-order valence-corrected chi connectivity index (χ0v) is 62.6. The first kappa shape index (κ1) is 84.2. The van der Waals surface area contributed by atoms with Crippen molar-refractivity contribution in [3.63, 3.8) is 0 Å². The summed E-state index contributed by atoms with van der Waals surface area (Å²) in [6, 6.07) is -0.642. The summed E-state index contributed by atoms with van der Waals surface area (Å²) in [6.45, 7) is 22.5. The third-order valence-electron chi connectivity index (χ3n) is 18.7. The Balaban J connectivity index is 1.93. The molecule has 6 N–H and O–H groups in total. The van der Waals surface area contributed by atoms with Gasteiger partial charge in [0.15, 0.2) is 11.6 Å². The Bertz CT molecular complexity index is 3160. The van der Waals surface area contributed by atoms with Crippen LogP contribution < -0.4 is 26.6 Å². The highest BCUT2D eigenvalue weighted by Crippen LogP contribution is 2.24. The van der Waals surface area contributed by atoms with Gasteiger partial charge in [-0.3, -0.25) is 57.5 Å². The van der Waals surface area contributed by atoms with Crippen molar-refractivity contribution in [2.45, 2.75) is 227 Å². The van der Waals surface area contributed by atoms with Gasteiger partial charge < -0.3 is 70.7 Å². The molecular formula is C73H115FN12O14. The van der Waals surface area contributed by atoms with Crippen molar-refractivity contribution < 1.29 is 71.8 Å². The minimum atomic E-state index is -1.54. The Labute approximate surface area is 591 Å². The quantitative estimate of drug-likeness (QED) is 0.146. The molecule has 2 aromatic rings. The van der Waals surface area contributed by atoms with E-state index in [9.17, 15) is 43.5 Å². The van der Waals surface area contributed by atoms with Crippen LogP contribution in [0.4, 0.5) is 4.39 Å². The van der Waals surface area contributed by atoms with Gasteiger partial charge in [0, 0.05) is 80.7 Å². The summed E-state index contributed by atoms with van der Waals surface area (Å²) in [7, 11) is 8.34. The van der Waals surface area contributed by atoms with Crippen LogP contribution in [0, 0.1) is 29.5 Å². The Hall–Kier alpha value is -8.23. The van der Waals surface area contributed by atoms with Crippen LogP contribution >= 0.6 is 0 Å². The minimum Gasteiger partial charge on any atom is -0.505 e. The third kappa shape index (κ3) is 24.8. The molecule has 0 unspecified atom stereocenters. The predicted molar refractivity (Wildman–Crippen MR) is 377 cm³/mol. The Morgan fingerprint density at radius 3 is 1.61 bits per heavy atom. The van der Waals surface area contributed by atoms with Crippen molar-refractivity contribution in [1.29, 1.82) is 0 Å². The molecule has 0 bridgehead atoms.